The van der Waals surface area contributed by atoms with Gasteiger partial charge in [0.1, 0.15) is 11.8 Å². The second-order valence-electron chi connectivity index (χ2n) is 4.62. The number of benzene rings is 1. The number of nitrogens with zero attached hydrogens (tertiary/aromatic N) is 2. The van der Waals surface area contributed by atoms with Gasteiger partial charge in [0.25, 0.3) is 0 Å². The molecule has 0 aliphatic heterocycles. The molecule has 0 heterocycles. The van der Waals surface area contributed by atoms with Crippen LogP contribution < -0.4 is 10.1 Å². The normalized spacial score (nSPS) is 10.6. The molecule has 0 atom stereocenters. The quantitative estimate of drug-likeness (QED) is 0.688. The predicted molar refractivity (Wildman–Crippen MR) is 78.8 cm³/mol. The number of nitriles is 1. The number of hydrogen-bond acceptors (Lipinski definition) is 5. The molecule has 0 spiro atoms. The zero-order valence-corrected chi connectivity index (χ0v) is 12.5. The highest BCUT2D eigenvalue weighted by molar-refractivity contribution is 5.45. The summed E-state index contributed by atoms with van der Waals surface area (Å²) in [6.07, 6.45) is 0. The number of methoxy groups -OCH3 is 2. The molecule has 0 radical (unpaired) electrons. The van der Waals surface area contributed by atoms with Gasteiger partial charge in [-0.1, -0.05) is 6.07 Å². The molecule has 0 aliphatic carbocycles. The van der Waals surface area contributed by atoms with Crippen LogP contribution in [-0.2, 0) is 11.3 Å². The molecule has 5 nitrogen and oxygen atoms in total. The average Bonchev–Trinajstić information content (AvgIpc) is 2.49. The second-order valence-corrected chi connectivity index (χ2v) is 4.62. The molecule has 5 heteroatoms. The summed E-state index contributed by atoms with van der Waals surface area (Å²) < 4.78 is 10.2. The van der Waals surface area contributed by atoms with Gasteiger partial charge in [-0.15, -0.1) is 0 Å². The molecule has 1 aromatic rings. The van der Waals surface area contributed by atoms with Crippen LogP contribution in [0.2, 0.25) is 0 Å². The summed E-state index contributed by atoms with van der Waals surface area (Å²) in [7, 11) is 5.36. The molecule has 0 saturated carbocycles. The van der Waals surface area contributed by atoms with Crippen LogP contribution in [0.4, 0.5) is 0 Å². The maximum absolute atomic E-state index is 9.03. The SMILES string of the molecule is COCCN(C)CCNCc1ccc(OC)c(C#N)c1. The van der Waals surface area contributed by atoms with E-state index in [2.05, 4.69) is 23.3 Å². The lowest BCUT2D eigenvalue weighted by atomic mass is 10.1. The molecule has 0 aliphatic rings. The lowest BCUT2D eigenvalue weighted by molar-refractivity contribution is 0.161. The highest BCUT2D eigenvalue weighted by atomic mass is 16.5. The van der Waals surface area contributed by atoms with Gasteiger partial charge in [0, 0.05) is 33.3 Å². The summed E-state index contributed by atoms with van der Waals surface area (Å²) in [6.45, 7) is 4.29. The maximum atomic E-state index is 9.03. The standard InChI is InChI=1S/C15H23N3O2/c1-18(8-9-19-2)7-6-17-12-13-4-5-15(20-3)14(10-13)11-16/h4-5,10,17H,6-9,12H2,1-3H3. The number of nitrogens with one attached hydrogen (secondary N) is 1. The smallest absolute Gasteiger partial charge is 0.136 e. The van der Waals surface area contributed by atoms with Crippen molar-refractivity contribution in [3.63, 3.8) is 0 Å². The van der Waals surface area contributed by atoms with Crippen molar-refractivity contribution < 1.29 is 9.47 Å². The van der Waals surface area contributed by atoms with Crippen LogP contribution in [0.1, 0.15) is 11.1 Å². The van der Waals surface area contributed by atoms with Crippen LogP contribution in [0.25, 0.3) is 0 Å². The first kappa shape index (κ1) is 16.4. The van der Waals surface area contributed by atoms with Gasteiger partial charge >= 0.3 is 0 Å². The molecule has 0 bridgehead atoms. The molecule has 0 unspecified atom stereocenters. The molecular weight excluding hydrogens is 254 g/mol. The molecule has 20 heavy (non-hydrogen) atoms. The van der Waals surface area contributed by atoms with Crippen molar-refractivity contribution in [1.29, 1.82) is 5.26 Å². The Morgan fingerprint density at radius 1 is 1.30 bits per heavy atom. The van der Waals surface area contributed by atoms with Crippen LogP contribution in [-0.4, -0.2) is 52.4 Å². The van der Waals surface area contributed by atoms with Crippen molar-refractivity contribution in [2.75, 3.05) is 47.5 Å². The van der Waals surface area contributed by atoms with Crippen molar-refractivity contribution >= 4 is 0 Å². The average molecular weight is 277 g/mol. The zero-order chi connectivity index (χ0) is 14.8. The number of rotatable bonds is 9. The van der Waals surface area contributed by atoms with Gasteiger partial charge in [0.2, 0.25) is 0 Å². The van der Waals surface area contributed by atoms with Crippen molar-refractivity contribution in [3.8, 4) is 11.8 Å². The van der Waals surface area contributed by atoms with Crippen LogP contribution in [0.3, 0.4) is 0 Å². The number of ether oxygens (including phenoxy) is 2. The largest absolute Gasteiger partial charge is 0.495 e. The monoisotopic (exact) mass is 277 g/mol. The fraction of sp³-hybridized carbons (Fsp3) is 0.533. The van der Waals surface area contributed by atoms with Crippen molar-refractivity contribution in [3.05, 3.63) is 29.3 Å². The van der Waals surface area contributed by atoms with Crippen molar-refractivity contribution in [2.24, 2.45) is 0 Å². The van der Waals surface area contributed by atoms with Crippen LogP contribution in [0, 0.1) is 11.3 Å². The minimum absolute atomic E-state index is 0.573. The Kier molecular flexibility index (Phi) is 7.66. The fourth-order valence-corrected chi connectivity index (χ4v) is 1.81. The Labute approximate surface area is 121 Å². The molecule has 0 aromatic heterocycles. The minimum Gasteiger partial charge on any atom is -0.495 e. The molecule has 0 fully saturated rings. The summed E-state index contributed by atoms with van der Waals surface area (Å²) in [5.74, 6) is 0.621. The second kappa shape index (κ2) is 9.32. The highest BCUT2D eigenvalue weighted by Gasteiger charge is 2.03. The molecular formula is C15H23N3O2. The van der Waals surface area contributed by atoms with E-state index in [1.54, 1.807) is 14.2 Å². The molecule has 0 amide bonds. The summed E-state index contributed by atoms with van der Waals surface area (Å²) in [5, 5.41) is 12.4. The third-order valence-corrected chi connectivity index (χ3v) is 3.06. The molecule has 1 rings (SSSR count). The summed E-state index contributed by atoms with van der Waals surface area (Å²) in [4.78, 5) is 2.21. The molecule has 1 N–H and O–H groups in total. The summed E-state index contributed by atoms with van der Waals surface area (Å²) in [5.41, 5.74) is 1.66. The van der Waals surface area contributed by atoms with E-state index in [-0.39, 0.29) is 0 Å². The maximum Gasteiger partial charge on any atom is 0.136 e. The number of likely N-dealkylation sites (N-methyl/N-ethyl adjacent to an activating group) is 1. The Morgan fingerprint density at radius 3 is 2.75 bits per heavy atom. The first-order valence-corrected chi connectivity index (χ1v) is 6.66. The lowest BCUT2D eigenvalue weighted by Gasteiger charge is -2.16. The van der Waals surface area contributed by atoms with Crippen LogP contribution in [0.15, 0.2) is 18.2 Å². The number of hydrogen-bond donors (Lipinski definition) is 1. The van der Waals surface area contributed by atoms with E-state index < -0.39 is 0 Å². The van der Waals surface area contributed by atoms with E-state index >= 15 is 0 Å². The third-order valence-electron chi connectivity index (χ3n) is 3.06. The molecule has 0 saturated heterocycles. The Morgan fingerprint density at radius 2 is 2.10 bits per heavy atom. The minimum atomic E-state index is 0.573. The van der Waals surface area contributed by atoms with Gasteiger partial charge in [-0.05, 0) is 24.7 Å². The fourth-order valence-electron chi connectivity index (χ4n) is 1.81. The van der Waals surface area contributed by atoms with E-state index in [9.17, 15) is 0 Å². The van der Waals surface area contributed by atoms with Gasteiger partial charge in [-0.25, -0.2) is 0 Å². The lowest BCUT2D eigenvalue weighted by Crippen LogP contribution is -2.31. The molecule has 110 valence electrons. The molecule has 1 aromatic carbocycles. The van der Waals surface area contributed by atoms with Crippen molar-refractivity contribution in [1.82, 2.24) is 10.2 Å². The van der Waals surface area contributed by atoms with Gasteiger partial charge < -0.3 is 19.7 Å². The Balaban J connectivity index is 2.34. The Bertz CT molecular complexity index is 443. The predicted octanol–water partition coefficient (Wildman–Crippen LogP) is 1.23. The first-order valence-electron chi connectivity index (χ1n) is 6.66. The van der Waals surface area contributed by atoms with Crippen molar-refractivity contribution in [2.45, 2.75) is 6.54 Å². The van der Waals surface area contributed by atoms with E-state index in [4.69, 9.17) is 14.7 Å². The van der Waals surface area contributed by atoms with E-state index in [1.807, 2.05) is 18.2 Å². The topological polar surface area (TPSA) is 57.5 Å². The zero-order valence-electron chi connectivity index (χ0n) is 12.5. The highest BCUT2D eigenvalue weighted by Crippen LogP contribution is 2.18. The Hall–Kier alpha value is -1.61. The van der Waals surface area contributed by atoms with Gasteiger partial charge in [-0.3, -0.25) is 0 Å². The van der Waals surface area contributed by atoms with Gasteiger partial charge in [0.05, 0.1) is 19.3 Å². The van der Waals surface area contributed by atoms with Crippen LogP contribution in [0.5, 0.6) is 5.75 Å². The van der Waals surface area contributed by atoms with E-state index in [0.717, 1.165) is 38.3 Å². The summed E-state index contributed by atoms with van der Waals surface area (Å²) in [6, 6.07) is 7.81. The van der Waals surface area contributed by atoms with Gasteiger partial charge in [0.15, 0.2) is 0 Å². The van der Waals surface area contributed by atoms with Gasteiger partial charge in [-0.2, -0.15) is 5.26 Å². The van der Waals surface area contributed by atoms with Crippen LogP contribution >= 0.6 is 0 Å². The first-order chi connectivity index (χ1) is 9.71. The summed E-state index contributed by atoms with van der Waals surface area (Å²) >= 11 is 0. The third kappa shape index (κ3) is 5.57. The van der Waals surface area contributed by atoms with E-state index in [0.29, 0.717) is 11.3 Å². The van der Waals surface area contributed by atoms with E-state index in [1.165, 1.54) is 0 Å².